The van der Waals surface area contributed by atoms with Crippen LogP contribution in [-0.2, 0) is 9.53 Å². The maximum absolute atomic E-state index is 11.5. The standard InChI is InChI=1S/C15H17N3O3/c1-21-11-14(19)16-8-2-3-12-4-6-13(7-5-12)18-10-9-17-15(18)20/h4-7H,8-11H2,1H3,(H,16,19)(H,17,20). The van der Waals surface area contributed by atoms with Crippen LogP contribution in [0.3, 0.4) is 0 Å². The Hall–Kier alpha value is -2.52. The van der Waals surface area contributed by atoms with Crippen molar-refractivity contribution in [1.82, 2.24) is 10.6 Å². The van der Waals surface area contributed by atoms with Crippen LogP contribution in [0.5, 0.6) is 0 Å². The molecular weight excluding hydrogens is 270 g/mol. The minimum absolute atomic E-state index is 0.0360. The highest BCUT2D eigenvalue weighted by Gasteiger charge is 2.20. The van der Waals surface area contributed by atoms with Crippen molar-refractivity contribution in [3.63, 3.8) is 0 Å². The van der Waals surface area contributed by atoms with Crippen LogP contribution in [0.4, 0.5) is 10.5 Å². The molecule has 1 heterocycles. The van der Waals surface area contributed by atoms with Crippen molar-refractivity contribution in [2.45, 2.75) is 0 Å². The number of rotatable bonds is 4. The Balaban J connectivity index is 1.88. The predicted molar refractivity (Wildman–Crippen MR) is 79.0 cm³/mol. The molecule has 1 fully saturated rings. The molecule has 0 spiro atoms. The molecule has 0 unspecified atom stereocenters. The van der Waals surface area contributed by atoms with E-state index in [2.05, 4.69) is 22.5 Å². The van der Waals surface area contributed by atoms with Gasteiger partial charge in [0.1, 0.15) is 6.61 Å². The normalized spacial score (nSPS) is 13.4. The molecule has 0 atom stereocenters. The van der Waals surface area contributed by atoms with E-state index in [1.807, 2.05) is 24.3 Å². The Labute approximate surface area is 123 Å². The summed E-state index contributed by atoms with van der Waals surface area (Å²) in [6.45, 7) is 1.66. The molecule has 110 valence electrons. The van der Waals surface area contributed by atoms with Crippen LogP contribution in [0.1, 0.15) is 5.56 Å². The second kappa shape index (κ2) is 7.31. The van der Waals surface area contributed by atoms with Gasteiger partial charge in [-0.1, -0.05) is 11.8 Å². The number of ether oxygens (including phenoxy) is 1. The Morgan fingerprint density at radius 1 is 1.43 bits per heavy atom. The molecule has 0 aromatic heterocycles. The fourth-order valence-electron chi connectivity index (χ4n) is 1.91. The number of amides is 3. The average Bonchev–Trinajstić information content (AvgIpc) is 2.91. The number of urea groups is 1. The number of anilines is 1. The van der Waals surface area contributed by atoms with Crippen molar-refractivity contribution in [2.75, 3.05) is 38.3 Å². The van der Waals surface area contributed by atoms with Crippen LogP contribution in [0.2, 0.25) is 0 Å². The summed E-state index contributed by atoms with van der Waals surface area (Å²) < 4.78 is 4.69. The van der Waals surface area contributed by atoms with Crippen LogP contribution in [-0.4, -0.2) is 45.3 Å². The molecule has 0 saturated carbocycles. The predicted octanol–water partition coefficient (Wildman–Crippen LogP) is 0.330. The summed E-state index contributed by atoms with van der Waals surface area (Å²) in [5.74, 6) is 5.61. The molecule has 1 saturated heterocycles. The van der Waals surface area contributed by atoms with Gasteiger partial charge in [0.2, 0.25) is 5.91 Å². The van der Waals surface area contributed by atoms with Crippen LogP contribution < -0.4 is 15.5 Å². The molecule has 3 amide bonds. The van der Waals surface area contributed by atoms with Crippen molar-refractivity contribution in [2.24, 2.45) is 0 Å². The summed E-state index contributed by atoms with van der Waals surface area (Å²) in [5, 5.41) is 5.37. The zero-order valence-electron chi connectivity index (χ0n) is 11.8. The van der Waals surface area contributed by atoms with E-state index >= 15 is 0 Å². The number of nitrogens with one attached hydrogen (secondary N) is 2. The zero-order valence-corrected chi connectivity index (χ0v) is 11.8. The van der Waals surface area contributed by atoms with E-state index in [0.717, 1.165) is 11.3 Å². The number of nitrogens with zero attached hydrogens (tertiary/aromatic N) is 1. The number of hydrogen-bond donors (Lipinski definition) is 2. The molecule has 2 rings (SSSR count). The van der Waals surface area contributed by atoms with Crippen LogP contribution in [0.15, 0.2) is 24.3 Å². The number of methoxy groups -OCH3 is 1. The van der Waals surface area contributed by atoms with E-state index in [4.69, 9.17) is 4.74 Å². The molecule has 1 aromatic rings. The maximum Gasteiger partial charge on any atom is 0.321 e. The molecule has 1 aromatic carbocycles. The van der Waals surface area contributed by atoms with Gasteiger partial charge < -0.3 is 15.4 Å². The van der Waals surface area contributed by atoms with Gasteiger partial charge in [-0.3, -0.25) is 9.69 Å². The van der Waals surface area contributed by atoms with E-state index in [1.165, 1.54) is 7.11 Å². The third-order valence-electron chi connectivity index (χ3n) is 2.92. The second-order valence-electron chi connectivity index (χ2n) is 4.44. The molecule has 0 bridgehead atoms. The molecule has 0 aliphatic carbocycles. The summed E-state index contributed by atoms with van der Waals surface area (Å²) in [6, 6.07) is 7.35. The second-order valence-corrected chi connectivity index (χ2v) is 4.44. The van der Waals surface area contributed by atoms with Gasteiger partial charge in [0, 0.05) is 31.5 Å². The van der Waals surface area contributed by atoms with Gasteiger partial charge in [-0.05, 0) is 24.3 Å². The third-order valence-corrected chi connectivity index (χ3v) is 2.92. The van der Waals surface area contributed by atoms with E-state index < -0.39 is 0 Å². The number of carbonyl (C=O) groups excluding carboxylic acids is 2. The Kier molecular flexibility index (Phi) is 5.18. The Morgan fingerprint density at radius 2 is 2.19 bits per heavy atom. The average molecular weight is 287 g/mol. The minimum Gasteiger partial charge on any atom is -0.375 e. The summed E-state index contributed by atoms with van der Waals surface area (Å²) in [5.41, 5.74) is 1.68. The monoisotopic (exact) mass is 287 g/mol. The molecule has 1 aliphatic heterocycles. The van der Waals surface area contributed by atoms with E-state index in [9.17, 15) is 9.59 Å². The SMILES string of the molecule is COCC(=O)NCC#Cc1ccc(N2CCNC2=O)cc1. The first-order valence-electron chi connectivity index (χ1n) is 6.60. The molecule has 0 radical (unpaired) electrons. The van der Waals surface area contributed by atoms with Crippen molar-refractivity contribution in [3.8, 4) is 11.8 Å². The van der Waals surface area contributed by atoms with Gasteiger partial charge in [0.15, 0.2) is 0 Å². The van der Waals surface area contributed by atoms with Crippen LogP contribution >= 0.6 is 0 Å². The first-order valence-corrected chi connectivity index (χ1v) is 6.60. The van der Waals surface area contributed by atoms with Crippen molar-refractivity contribution in [3.05, 3.63) is 29.8 Å². The topological polar surface area (TPSA) is 70.7 Å². The summed E-state index contributed by atoms with van der Waals surface area (Å²) >= 11 is 0. The van der Waals surface area contributed by atoms with E-state index in [-0.39, 0.29) is 25.1 Å². The van der Waals surface area contributed by atoms with Gasteiger partial charge in [-0.25, -0.2) is 4.79 Å². The van der Waals surface area contributed by atoms with Gasteiger partial charge in [0.25, 0.3) is 0 Å². The smallest absolute Gasteiger partial charge is 0.321 e. The summed E-state index contributed by atoms with van der Waals surface area (Å²) in [4.78, 5) is 24.3. The van der Waals surface area contributed by atoms with Gasteiger partial charge in [-0.2, -0.15) is 0 Å². The first kappa shape index (κ1) is 14.9. The number of carbonyl (C=O) groups is 2. The molecule has 6 nitrogen and oxygen atoms in total. The zero-order chi connectivity index (χ0) is 15.1. The van der Waals surface area contributed by atoms with Crippen molar-refractivity contribution in [1.29, 1.82) is 0 Å². The lowest BCUT2D eigenvalue weighted by atomic mass is 10.2. The van der Waals surface area contributed by atoms with Crippen molar-refractivity contribution < 1.29 is 14.3 Å². The molecule has 21 heavy (non-hydrogen) atoms. The van der Waals surface area contributed by atoms with Gasteiger partial charge in [-0.15, -0.1) is 0 Å². The van der Waals surface area contributed by atoms with Gasteiger partial charge in [0.05, 0.1) is 6.54 Å². The largest absolute Gasteiger partial charge is 0.375 e. The maximum atomic E-state index is 11.5. The highest BCUT2D eigenvalue weighted by molar-refractivity contribution is 5.94. The molecule has 1 aliphatic rings. The highest BCUT2D eigenvalue weighted by atomic mass is 16.5. The van der Waals surface area contributed by atoms with Crippen LogP contribution in [0.25, 0.3) is 0 Å². The molecular formula is C15H17N3O3. The van der Waals surface area contributed by atoms with E-state index in [0.29, 0.717) is 13.1 Å². The lowest BCUT2D eigenvalue weighted by molar-refractivity contribution is -0.124. The lowest BCUT2D eigenvalue weighted by Gasteiger charge is -2.13. The number of benzene rings is 1. The molecule has 6 heteroatoms. The summed E-state index contributed by atoms with van der Waals surface area (Å²) in [7, 11) is 1.47. The fourth-order valence-corrected chi connectivity index (χ4v) is 1.91. The highest BCUT2D eigenvalue weighted by Crippen LogP contribution is 2.16. The van der Waals surface area contributed by atoms with Crippen molar-refractivity contribution >= 4 is 17.6 Å². The Morgan fingerprint density at radius 3 is 2.81 bits per heavy atom. The number of hydrogen-bond acceptors (Lipinski definition) is 3. The quantitative estimate of drug-likeness (QED) is 0.784. The van der Waals surface area contributed by atoms with E-state index in [1.54, 1.807) is 4.90 Å². The Bertz CT molecular complexity index is 572. The lowest BCUT2D eigenvalue weighted by Crippen LogP contribution is -2.27. The minimum atomic E-state index is -0.192. The van der Waals surface area contributed by atoms with Gasteiger partial charge >= 0.3 is 6.03 Å². The third kappa shape index (κ3) is 4.23. The summed E-state index contributed by atoms with van der Waals surface area (Å²) in [6.07, 6.45) is 0. The van der Waals surface area contributed by atoms with Crippen LogP contribution in [0, 0.1) is 11.8 Å². The molecule has 2 N–H and O–H groups in total. The fraction of sp³-hybridized carbons (Fsp3) is 0.333. The first-order chi connectivity index (χ1) is 10.2.